The molecule has 3 fully saturated rings. The fraction of sp³-hybridized carbons (Fsp3) is 0.688. The predicted octanol–water partition coefficient (Wildman–Crippen LogP) is 2.11. The van der Waals surface area contributed by atoms with Crippen LogP contribution in [0.5, 0.6) is 0 Å². The number of hydrogen-bond donors (Lipinski definition) is 1. The van der Waals surface area contributed by atoms with Crippen molar-refractivity contribution >= 4 is 21.7 Å². The van der Waals surface area contributed by atoms with Gasteiger partial charge in [-0.25, -0.2) is 4.98 Å². The lowest BCUT2D eigenvalue weighted by molar-refractivity contribution is 0.135. The minimum absolute atomic E-state index is 0.659. The van der Waals surface area contributed by atoms with Crippen molar-refractivity contribution in [2.45, 2.75) is 25.3 Å². The molecular formula is C16H23BrN4. The van der Waals surface area contributed by atoms with Gasteiger partial charge in [0.1, 0.15) is 5.82 Å². The van der Waals surface area contributed by atoms with Crippen LogP contribution in [0.2, 0.25) is 0 Å². The van der Waals surface area contributed by atoms with Crippen molar-refractivity contribution in [2.24, 2.45) is 5.41 Å². The first-order valence-electron chi connectivity index (χ1n) is 8.06. The Balaban J connectivity index is 1.36. The molecule has 0 bridgehead atoms. The van der Waals surface area contributed by atoms with Crippen LogP contribution in [0.15, 0.2) is 22.8 Å². The maximum atomic E-state index is 4.52. The molecule has 3 heterocycles. The lowest BCUT2D eigenvalue weighted by Crippen LogP contribution is -2.54. The summed E-state index contributed by atoms with van der Waals surface area (Å²) < 4.78 is 1.11. The SMILES string of the molecule is Brc1cccnc1N1CCN(C2CCC3(CNC3)C2)CC1. The number of nitrogens with one attached hydrogen (secondary N) is 1. The van der Waals surface area contributed by atoms with Crippen LogP contribution >= 0.6 is 15.9 Å². The van der Waals surface area contributed by atoms with Crippen LogP contribution in [-0.4, -0.2) is 55.2 Å². The molecule has 1 saturated carbocycles. The van der Waals surface area contributed by atoms with E-state index >= 15 is 0 Å². The van der Waals surface area contributed by atoms with Crippen LogP contribution in [-0.2, 0) is 0 Å². The zero-order chi connectivity index (χ0) is 14.3. The smallest absolute Gasteiger partial charge is 0.142 e. The summed E-state index contributed by atoms with van der Waals surface area (Å²) in [5.41, 5.74) is 0.659. The van der Waals surface area contributed by atoms with Crippen molar-refractivity contribution < 1.29 is 0 Å². The molecule has 1 aromatic rings. The van der Waals surface area contributed by atoms with Crippen LogP contribution in [0.1, 0.15) is 19.3 Å². The molecule has 1 aliphatic carbocycles. The van der Waals surface area contributed by atoms with Gasteiger partial charge in [-0.1, -0.05) is 0 Å². The highest BCUT2D eigenvalue weighted by Gasteiger charge is 2.45. The van der Waals surface area contributed by atoms with Crippen LogP contribution < -0.4 is 10.2 Å². The van der Waals surface area contributed by atoms with Gasteiger partial charge < -0.3 is 10.2 Å². The molecule has 2 saturated heterocycles. The molecule has 4 nitrogen and oxygen atoms in total. The van der Waals surface area contributed by atoms with Crippen LogP contribution in [0.4, 0.5) is 5.82 Å². The standard InChI is InChI=1S/C16H23BrN4/c17-14-2-1-5-19-15(14)21-8-6-20(7-9-21)13-3-4-16(10-13)11-18-12-16/h1-2,5,13,18H,3-4,6-12H2. The maximum Gasteiger partial charge on any atom is 0.142 e. The fourth-order valence-electron chi connectivity index (χ4n) is 4.20. The van der Waals surface area contributed by atoms with Crippen molar-refractivity contribution in [1.82, 2.24) is 15.2 Å². The highest BCUT2D eigenvalue weighted by molar-refractivity contribution is 9.10. The minimum Gasteiger partial charge on any atom is -0.353 e. The van der Waals surface area contributed by atoms with E-state index in [2.05, 4.69) is 42.1 Å². The molecule has 1 N–H and O–H groups in total. The molecule has 0 radical (unpaired) electrons. The Labute approximate surface area is 135 Å². The lowest BCUT2D eigenvalue weighted by atomic mass is 9.80. The van der Waals surface area contributed by atoms with Gasteiger partial charge in [0.2, 0.25) is 0 Å². The monoisotopic (exact) mass is 350 g/mol. The summed E-state index contributed by atoms with van der Waals surface area (Å²) in [7, 11) is 0. The largest absolute Gasteiger partial charge is 0.353 e. The van der Waals surface area contributed by atoms with Gasteiger partial charge in [0.25, 0.3) is 0 Å². The first kappa shape index (κ1) is 14.0. The van der Waals surface area contributed by atoms with E-state index < -0.39 is 0 Å². The van der Waals surface area contributed by atoms with Gasteiger partial charge in [-0.05, 0) is 52.7 Å². The van der Waals surface area contributed by atoms with Gasteiger partial charge in [0.15, 0.2) is 0 Å². The molecule has 3 aliphatic rings. The summed E-state index contributed by atoms with van der Waals surface area (Å²) in [6, 6.07) is 4.88. The molecule has 1 aromatic heterocycles. The van der Waals surface area contributed by atoms with Gasteiger partial charge in [0.05, 0.1) is 4.47 Å². The maximum absolute atomic E-state index is 4.52. The van der Waals surface area contributed by atoms with Crippen LogP contribution in [0.3, 0.4) is 0 Å². The molecule has 1 unspecified atom stereocenters. The molecule has 21 heavy (non-hydrogen) atoms. The lowest BCUT2D eigenvalue weighted by Gasteiger charge is -2.42. The third-order valence-electron chi connectivity index (χ3n) is 5.55. The highest BCUT2D eigenvalue weighted by atomic mass is 79.9. The number of halogens is 1. The summed E-state index contributed by atoms with van der Waals surface area (Å²) in [6.45, 7) is 7.05. The molecule has 0 aromatic carbocycles. The number of anilines is 1. The van der Waals surface area contributed by atoms with Gasteiger partial charge in [0, 0.05) is 51.5 Å². The Morgan fingerprint density at radius 2 is 2.05 bits per heavy atom. The summed E-state index contributed by atoms with van der Waals surface area (Å²) >= 11 is 3.62. The molecule has 1 spiro atoms. The second-order valence-corrected chi connectivity index (χ2v) is 7.69. The average molecular weight is 351 g/mol. The Kier molecular flexibility index (Phi) is 3.67. The van der Waals surface area contributed by atoms with Gasteiger partial charge >= 0.3 is 0 Å². The van der Waals surface area contributed by atoms with E-state index in [0.717, 1.165) is 29.4 Å². The Hall–Kier alpha value is -0.650. The third-order valence-corrected chi connectivity index (χ3v) is 6.16. The second kappa shape index (κ2) is 5.52. The van der Waals surface area contributed by atoms with Crippen molar-refractivity contribution in [3.8, 4) is 0 Å². The van der Waals surface area contributed by atoms with E-state index in [0.29, 0.717) is 5.41 Å². The molecule has 0 amide bonds. The normalized spacial score (nSPS) is 28.8. The van der Waals surface area contributed by atoms with Gasteiger partial charge in [-0.2, -0.15) is 0 Å². The van der Waals surface area contributed by atoms with Gasteiger partial charge in [-0.15, -0.1) is 0 Å². The van der Waals surface area contributed by atoms with E-state index in [4.69, 9.17) is 0 Å². The van der Waals surface area contributed by atoms with E-state index in [1.807, 2.05) is 12.3 Å². The Bertz CT molecular complexity index is 509. The molecule has 4 rings (SSSR count). The molecular weight excluding hydrogens is 328 g/mol. The van der Waals surface area contributed by atoms with Crippen LogP contribution in [0, 0.1) is 5.41 Å². The quantitative estimate of drug-likeness (QED) is 0.884. The van der Waals surface area contributed by atoms with Crippen LogP contribution in [0.25, 0.3) is 0 Å². The topological polar surface area (TPSA) is 31.4 Å². The van der Waals surface area contributed by atoms with Crippen molar-refractivity contribution in [2.75, 3.05) is 44.2 Å². The predicted molar refractivity (Wildman–Crippen MR) is 88.7 cm³/mol. The van der Waals surface area contributed by atoms with Gasteiger partial charge in [-0.3, -0.25) is 4.90 Å². The average Bonchev–Trinajstić information content (AvgIpc) is 2.94. The van der Waals surface area contributed by atoms with Crippen molar-refractivity contribution in [3.05, 3.63) is 22.8 Å². The van der Waals surface area contributed by atoms with E-state index in [9.17, 15) is 0 Å². The summed E-state index contributed by atoms with van der Waals surface area (Å²) in [5, 5.41) is 3.46. The number of pyridine rings is 1. The minimum atomic E-state index is 0.659. The number of piperazine rings is 1. The van der Waals surface area contributed by atoms with E-state index in [1.165, 1.54) is 45.4 Å². The first-order chi connectivity index (χ1) is 10.3. The first-order valence-corrected chi connectivity index (χ1v) is 8.85. The number of nitrogens with zero attached hydrogens (tertiary/aromatic N) is 3. The molecule has 2 aliphatic heterocycles. The molecule has 1 atom stereocenters. The fourth-order valence-corrected chi connectivity index (χ4v) is 4.70. The Morgan fingerprint density at radius 1 is 1.24 bits per heavy atom. The zero-order valence-electron chi connectivity index (χ0n) is 12.4. The summed E-state index contributed by atoms with van der Waals surface area (Å²) in [5.74, 6) is 1.10. The zero-order valence-corrected chi connectivity index (χ0v) is 14.0. The number of aromatic nitrogens is 1. The van der Waals surface area contributed by atoms with E-state index in [-0.39, 0.29) is 0 Å². The summed E-state index contributed by atoms with van der Waals surface area (Å²) in [4.78, 5) is 9.66. The molecule has 114 valence electrons. The van der Waals surface area contributed by atoms with Crippen molar-refractivity contribution in [3.63, 3.8) is 0 Å². The van der Waals surface area contributed by atoms with E-state index in [1.54, 1.807) is 0 Å². The number of rotatable bonds is 2. The summed E-state index contributed by atoms with van der Waals surface area (Å²) in [6.07, 6.45) is 6.12. The highest BCUT2D eigenvalue weighted by Crippen LogP contribution is 2.43. The third kappa shape index (κ3) is 2.60. The van der Waals surface area contributed by atoms with Crippen molar-refractivity contribution in [1.29, 1.82) is 0 Å². The molecule has 5 heteroatoms. The Morgan fingerprint density at radius 3 is 2.67 bits per heavy atom. The number of hydrogen-bond acceptors (Lipinski definition) is 4. The second-order valence-electron chi connectivity index (χ2n) is 6.83.